The number of likely N-dealkylation sites (tertiary alicyclic amines) is 1. The normalized spacial score (nSPS) is 20.2. The largest absolute Gasteiger partial charge is 0.339 e. The maximum Gasteiger partial charge on any atom is 0.243 e. The number of carbonyl (C=O) groups is 1. The van der Waals surface area contributed by atoms with E-state index in [0.717, 1.165) is 25.8 Å². The van der Waals surface area contributed by atoms with Gasteiger partial charge in [0.15, 0.2) is 0 Å². The highest BCUT2D eigenvalue weighted by Crippen LogP contribution is 2.16. The first-order chi connectivity index (χ1) is 8.93. The van der Waals surface area contributed by atoms with Crippen molar-refractivity contribution in [3.63, 3.8) is 0 Å². The average Bonchev–Trinajstić information content (AvgIpc) is 2.75. The molecule has 0 radical (unpaired) electrons. The predicted octanol–water partition coefficient (Wildman–Crippen LogP) is 1.06. The summed E-state index contributed by atoms with van der Waals surface area (Å²) in [5.41, 5.74) is 7.09. The van der Waals surface area contributed by atoms with E-state index in [-0.39, 0.29) is 18.5 Å². The first kappa shape index (κ1) is 16.0. The van der Waals surface area contributed by atoms with E-state index in [0.29, 0.717) is 12.5 Å². The van der Waals surface area contributed by atoms with Crippen LogP contribution in [0.4, 0.5) is 0 Å². The zero-order valence-corrected chi connectivity index (χ0v) is 12.4. The SMILES string of the molecule is CCC/C(=C\N(N)CC(=O)N1CCC(N)C1)C(C)C. The molecule has 1 amide bonds. The van der Waals surface area contributed by atoms with Crippen molar-refractivity contribution in [2.75, 3.05) is 19.6 Å². The van der Waals surface area contributed by atoms with Crippen molar-refractivity contribution < 1.29 is 4.79 Å². The lowest BCUT2D eigenvalue weighted by Gasteiger charge is -2.22. The van der Waals surface area contributed by atoms with E-state index in [9.17, 15) is 4.79 Å². The van der Waals surface area contributed by atoms with Crippen LogP contribution < -0.4 is 11.6 Å². The van der Waals surface area contributed by atoms with Gasteiger partial charge in [-0.2, -0.15) is 0 Å². The molecule has 0 aromatic heterocycles. The van der Waals surface area contributed by atoms with Crippen molar-refractivity contribution in [2.45, 2.75) is 46.1 Å². The molecule has 1 atom stereocenters. The van der Waals surface area contributed by atoms with Crippen molar-refractivity contribution in [1.82, 2.24) is 9.91 Å². The molecule has 0 spiro atoms. The second-order valence-electron chi connectivity index (χ2n) is 5.67. The molecule has 0 saturated carbocycles. The van der Waals surface area contributed by atoms with Crippen LogP contribution in [-0.4, -0.2) is 41.5 Å². The predicted molar refractivity (Wildman–Crippen MR) is 77.9 cm³/mol. The molecule has 110 valence electrons. The van der Waals surface area contributed by atoms with Crippen molar-refractivity contribution in [2.24, 2.45) is 17.5 Å². The second-order valence-corrected chi connectivity index (χ2v) is 5.67. The van der Waals surface area contributed by atoms with E-state index in [1.54, 1.807) is 4.90 Å². The highest BCUT2D eigenvalue weighted by Gasteiger charge is 2.23. The van der Waals surface area contributed by atoms with Crippen LogP contribution in [0.3, 0.4) is 0 Å². The molecule has 19 heavy (non-hydrogen) atoms. The summed E-state index contributed by atoms with van der Waals surface area (Å²) in [5.74, 6) is 6.44. The topological polar surface area (TPSA) is 75.6 Å². The Kier molecular flexibility index (Phi) is 6.31. The second kappa shape index (κ2) is 7.50. The first-order valence-corrected chi connectivity index (χ1v) is 7.19. The van der Waals surface area contributed by atoms with Crippen molar-refractivity contribution in [3.05, 3.63) is 11.8 Å². The van der Waals surface area contributed by atoms with E-state index >= 15 is 0 Å². The van der Waals surface area contributed by atoms with Gasteiger partial charge in [-0.05, 0) is 18.8 Å². The fraction of sp³-hybridized carbons (Fsp3) is 0.786. The summed E-state index contributed by atoms with van der Waals surface area (Å²) >= 11 is 0. The fourth-order valence-corrected chi connectivity index (χ4v) is 2.32. The number of hydrazine groups is 1. The molecule has 1 aliphatic heterocycles. The highest BCUT2D eigenvalue weighted by atomic mass is 16.2. The summed E-state index contributed by atoms with van der Waals surface area (Å²) in [6.07, 6.45) is 4.92. The van der Waals surface area contributed by atoms with Gasteiger partial charge < -0.3 is 15.6 Å². The summed E-state index contributed by atoms with van der Waals surface area (Å²) in [4.78, 5) is 13.8. The summed E-state index contributed by atoms with van der Waals surface area (Å²) in [6.45, 7) is 8.08. The molecule has 5 nitrogen and oxygen atoms in total. The third-order valence-corrected chi connectivity index (χ3v) is 3.51. The third-order valence-electron chi connectivity index (χ3n) is 3.51. The number of carbonyl (C=O) groups excluding carboxylic acids is 1. The van der Waals surface area contributed by atoms with Crippen molar-refractivity contribution in [1.29, 1.82) is 0 Å². The molecular weight excluding hydrogens is 240 g/mol. The van der Waals surface area contributed by atoms with Gasteiger partial charge in [-0.1, -0.05) is 32.8 Å². The summed E-state index contributed by atoms with van der Waals surface area (Å²) in [7, 11) is 0. The van der Waals surface area contributed by atoms with E-state index in [4.69, 9.17) is 11.6 Å². The van der Waals surface area contributed by atoms with Crippen molar-refractivity contribution in [3.8, 4) is 0 Å². The molecule has 5 heteroatoms. The number of nitrogens with zero attached hydrogens (tertiary/aromatic N) is 2. The molecule has 4 N–H and O–H groups in total. The molecule has 0 aromatic rings. The monoisotopic (exact) mass is 268 g/mol. The van der Waals surface area contributed by atoms with Crippen molar-refractivity contribution >= 4 is 5.91 Å². The molecule has 1 heterocycles. The lowest BCUT2D eigenvalue weighted by Crippen LogP contribution is -2.41. The van der Waals surface area contributed by atoms with Crippen LogP contribution in [0.1, 0.15) is 40.0 Å². The van der Waals surface area contributed by atoms with E-state index < -0.39 is 0 Å². The molecule has 1 fully saturated rings. The quantitative estimate of drug-likeness (QED) is 0.558. The van der Waals surface area contributed by atoms with Crippen LogP contribution in [0.15, 0.2) is 11.8 Å². The fourth-order valence-electron chi connectivity index (χ4n) is 2.32. The van der Waals surface area contributed by atoms with Gasteiger partial charge >= 0.3 is 0 Å². The molecule has 0 bridgehead atoms. The van der Waals surface area contributed by atoms with Gasteiger partial charge in [-0.15, -0.1) is 0 Å². The van der Waals surface area contributed by atoms with Crippen LogP contribution in [0, 0.1) is 5.92 Å². The first-order valence-electron chi connectivity index (χ1n) is 7.19. The van der Waals surface area contributed by atoms with Gasteiger partial charge in [0.05, 0.1) is 0 Å². The van der Waals surface area contributed by atoms with Gasteiger partial charge in [-0.3, -0.25) is 4.79 Å². The Hall–Kier alpha value is -1.07. The Morgan fingerprint density at radius 3 is 2.68 bits per heavy atom. The highest BCUT2D eigenvalue weighted by molar-refractivity contribution is 5.78. The van der Waals surface area contributed by atoms with Crippen LogP contribution in [0.5, 0.6) is 0 Å². The van der Waals surface area contributed by atoms with Gasteiger partial charge in [-0.25, -0.2) is 5.84 Å². The van der Waals surface area contributed by atoms with Gasteiger partial charge in [0.25, 0.3) is 0 Å². The Bertz CT molecular complexity index is 327. The van der Waals surface area contributed by atoms with Crippen LogP contribution >= 0.6 is 0 Å². The minimum absolute atomic E-state index is 0.0614. The minimum Gasteiger partial charge on any atom is -0.339 e. The molecule has 0 aromatic carbocycles. The van der Waals surface area contributed by atoms with Gasteiger partial charge in [0.1, 0.15) is 6.54 Å². The number of hydrogen-bond acceptors (Lipinski definition) is 4. The zero-order valence-electron chi connectivity index (χ0n) is 12.4. The molecule has 1 saturated heterocycles. The van der Waals surface area contributed by atoms with Gasteiger partial charge in [0.2, 0.25) is 5.91 Å². The van der Waals surface area contributed by atoms with E-state index in [1.165, 1.54) is 10.6 Å². The maximum absolute atomic E-state index is 12.0. The molecular formula is C14H28N4O. The summed E-state index contributed by atoms with van der Waals surface area (Å²) in [6, 6.07) is 0.122. The minimum atomic E-state index is 0.0614. The van der Waals surface area contributed by atoms with E-state index in [2.05, 4.69) is 20.8 Å². The Morgan fingerprint density at radius 1 is 1.53 bits per heavy atom. The van der Waals surface area contributed by atoms with E-state index in [1.807, 2.05) is 6.20 Å². The molecule has 1 aliphatic rings. The van der Waals surface area contributed by atoms with Crippen LogP contribution in [-0.2, 0) is 4.79 Å². The molecule has 1 rings (SSSR count). The maximum atomic E-state index is 12.0. The zero-order chi connectivity index (χ0) is 14.4. The number of amides is 1. The standard InChI is InChI=1S/C14H28N4O/c1-4-5-12(11(2)3)8-18(16)10-14(19)17-7-6-13(15)9-17/h8,11,13H,4-7,9-10,15-16H2,1-3H3/b12-8+. The number of nitrogens with two attached hydrogens (primary N) is 2. The van der Waals surface area contributed by atoms with Gasteiger partial charge in [0, 0.05) is 25.3 Å². The number of hydrogen-bond donors (Lipinski definition) is 2. The van der Waals surface area contributed by atoms with Crippen LogP contribution in [0.25, 0.3) is 0 Å². The Morgan fingerprint density at radius 2 is 2.21 bits per heavy atom. The van der Waals surface area contributed by atoms with Crippen LogP contribution in [0.2, 0.25) is 0 Å². The average molecular weight is 268 g/mol. The summed E-state index contributed by atoms with van der Waals surface area (Å²) in [5, 5.41) is 1.51. The molecule has 0 aliphatic carbocycles. The lowest BCUT2D eigenvalue weighted by molar-refractivity contribution is -0.130. The number of allylic oxidation sites excluding steroid dienone is 1. The third kappa shape index (κ3) is 5.20. The Balaban J connectivity index is 2.51. The smallest absolute Gasteiger partial charge is 0.243 e. The number of rotatable bonds is 6. The summed E-state index contributed by atoms with van der Waals surface area (Å²) < 4.78 is 0. The molecule has 1 unspecified atom stereocenters. The Labute approximate surface area is 116 Å². The lowest BCUT2D eigenvalue weighted by atomic mass is 10.00.